The van der Waals surface area contributed by atoms with Crippen molar-refractivity contribution in [2.24, 2.45) is 0 Å². The SMILES string of the molecule is COc1ccccc1CN(CCO)Cc1nc2c(s1)CCC2. The molecule has 1 aromatic heterocycles. The van der Waals surface area contributed by atoms with Gasteiger partial charge in [0.15, 0.2) is 0 Å². The molecule has 0 radical (unpaired) electrons. The van der Waals surface area contributed by atoms with Crippen LogP contribution in [-0.2, 0) is 25.9 Å². The summed E-state index contributed by atoms with van der Waals surface area (Å²) in [6.07, 6.45) is 3.55. The molecule has 0 bridgehead atoms. The fourth-order valence-corrected chi connectivity index (χ4v) is 4.13. The van der Waals surface area contributed by atoms with Gasteiger partial charge in [0.05, 0.1) is 26.0 Å². The Balaban J connectivity index is 1.71. The number of fused-ring (bicyclic) bond motifs is 1. The number of ether oxygens (including phenoxy) is 1. The molecule has 1 aromatic carbocycles. The molecule has 0 spiro atoms. The van der Waals surface area contributed by atoms with Crippen LogP contribution in [0.5, 0.6) is 5.75 Å². The van der Waals surface area contributed by atoms with Gasteiger partial charge in [0, 0.05) is 23.5 Å². The van der Waals surface area contributed by atoms with E-state index in [4.69, 9.17) is 9.72 Å². The number of rotatable bonds is 7. The predicted octanol–water partition coefficient (Wildman–Crippen LogP) is 2.63. The van der Waals surface area contributed by atoms with Crippen LogP contribution in [0.3, 0.4) is 0 Å². The number of thiazole rings is 1. The van der Waals surface area contributed by atoms with Crippen LogP contribution in [-0.4, -0.2) is 35.3 Å². The van der Waals surface area contributed by atoms with Crippen molar-refractivity contribution in [3.63, 3.8) is 0 Å². The Hall–Kier alpha value is -1.43. The van der Waals surface area contributed by atoms with E-state index in [1.54, 1.807) is 7.11 Å². The van der Waals surface area contributed by atoms with E-state index in [2.05, 4.69) is 11.0 Å². The van der Waals surface area contributed by atoms with Crippen molar-refractivity contribution in [3.05, 3.63) is 45.4 Å². The quantitative estimate of drug-likeness (QED) is 0.852. The van der Waals surface area contributed by atoms with Gasteiger partial charge in [-0.05, 0) is 25.3 Å². The smallest absolute Gasteiger partial charge is 0.123 e. The fraction of sp³-hybridized carbons (Fsp3) is 0.471. The molecule has 0 atom stereocenters. The lowest BCUT2D eigenvalue weighted by Gasteiger charge is -2.21. The molecule has 4 nitrogen and oxygen atoms in total. The topological polar surface area (TPSA) is 45.6 Å². The van der Waals surface area contributed by atoms with E-state index >= 15 is 0 Å². The summed E-state index contributed by atoms with van der Waals surface area (Å²) in [7, 11) is 1.70. The third-order valence-corrected chi connectivity index (χ3v) is 5.14. The van der Waals surface area contributed by atoms with E-state index < -0.39 is 0 Å². The summed E-state index contributed by atoms with van der Waals surface area (Å²) in [5, 5.41) is 10.5. The minimum atomic E-state index is 0.153. The lowest BCUT2D eigenvalue weighted by Crippen LogP contribution is -2.26. The highest BCUT2D eigenvalue weighted by atomic mass is 32.1. The molecule has 0 aliphatic heterocycles. The van der Waals surface area contributed by atoms with Crippen LogP contribution in [0.25, 0.3) is 0 Å². The number of aliphatic hydroxyl groups is 1. The number of nitrogens with zero attached hydrogens (tertiary/aromatic N) is 2. The third-order valence-electron chi connectivity index (χ3n) is 4.00. The van der Waals surface area contributed by atoms with E-state index in [-0.39, 0.29) is 6.61 Å². The summed E-state index contributed by atoms with van der Waals surface area (Å²) in [5.74, 6) is 0.895. The van der Waals surface area contributed by atoms with Gasteiger partial charge in [-0.2, -0.15) is 0 Å². The van der Waals surface area contributed by atoms with Gasteiger partial charge >= 0.3 is 0 Å². The normalized spacial score (nSPS) is 13.6. The Labute approximate surface area is 135 Å². The molecule has 1 N–H and O–H groups in total. The second-order valence-electron chi connectivity index (χ2n) is 5.58. The molecule has 22 heavy (non-hydrogen) atoms. The van der Waals surface area contributed by atoms with Crippen LogP contribution in [0.1, 0.15) is 27.6 Å². The van der Waals surface area contributed by atoms with Crippen LogP contribution in [0.4, 0.5) is 0 Å². The average molecular weight is 318 g/mol. The zero-order valence-corrected chi connectivity index (χ0v) is 13.7. The molecular formula is C17H22N2O2S. The number of hydrogen-bond acceptors (Lipinski definition) is 5. The van der Waals surface area contributed by atoms with Crippen LogP contribution >= 0.6 is 11.3 Å². The summed E-state index contributed by atoms with van der Waals surface area (Å²) in [6, 6.07) is 8.05. The monoisotopic (exact) mass is 318 g/mol. The van der Waals surface area contributed by atoms with E-state index in [9.17, 15) is 5.11 Å². The summed E-state index contributed by atoms with van der Waals surface area (Å²) < 4.78 is 5.42. The van der Waals surface area contributed by atoms with Gasteiger partial charge in [0.1, 0.15) is 10.8 Å². The zero-order chi connectivity index (χ0) is 15.4. The Kier molecular flexibility index (Phi) is 5.08. The highest BCUT2D eigenvalue weighted by Gasteiger charge is 2.18. The van der Waals surface area contributed by atoms with Crippen molar-refractivity contribution in [1.29, 1.82) is 0 Å². The third kappa shape index (κ3) is 3.48. The number of aryl methyl sites for hydroxylation is 2. The molecule has 118 valence electrons. The Morgan fingerprint density at radius 3 is 2.91 bits per heavy atom. The molecule has 2 aromatic rings. The van der Waals surface area contributed by atoms with Gasteiger partial charge < -0.3 is 9.84 Å². The molecule has 0 saturated carbocycles. The molecule has 5 heteroatoms. The van der Waals surface area contributed by atoms with Crippen molar-refractivity contribution in [1.82, 2.24) is 9.88 Å². The van der Waals surface area contributed by atoms with Gasteiger partial charge in [-0.1, -0.05) is 18.2 Å². The number of methoxy groups -OCH3 is 1. The van der Waals surface area contributed by atoms with Crippen molar-refractivity contribution < 1.29 is 9.84 Å². The maximum absolute atomic E-state index is 9.35. The first-order valence-electron chi connectivity index (χ1n) is 7.72. The Bertz CT molecular complexity index is 605. The van der Waals surface area contributed by atoms with Crippen LogP contribution in [0.2, 0.25) is 0 Å². The van der Waals surface area contributed by atoms with E-state index in [0.29, 0.717) is 6.54 Å². The summed E-state index contributed by atoms with van der Waals surface area (Å²) >= 11 is 1.83. The van der Waals surface area contributed by atoms with Crippen LogP contribution in [0, 0.1) is 0 Å². The molecule has 0 fully saturated rings. The van der Waals surface area contributed by atoms with Gasteiger partial charge in [-0.3, -0.25) is 4.90 Å². The lowest BCUT2D eigenvalue weighted by molar-refractivity contribution is 0.182. The Morgan fingerprint density at radius 1 is 1.27 bits per heavy atom. The van der Waals surface area contributed by atoms with Crippen molar-refractivity contribution in [2.75, 3.05) is 20.3 Å². The number of benzene rings is 1. The predicted molar refractivity (Wildman–Crippen MR) is 88.3 cm³/mol. The molecule has 0 amide bonds. The van der Waals surface area contributed by atoms with Gasteiger partial charge in [-0.25, -0.2) is 4.98 Å². The van der Waals surface area contributed by atoms with Crippen molar-refractivity contribution in [3.8, 4) is 5.75 Å². The summed E-state index contributed by atoms with van der Waals surface area (Å²) in [4.78, 5) is 8.44. The van der Waals surface area contributed by atoms with E-state index in [1.807, 2.05) is 29.5 Å². The minimum absolute atomic E-state index is 0.153. The average Bonchev–Trinajstić information content (AvgIpc) is 3.09. The van der Waals surface area contributed by atoms with Crippen LogP contribution in [0.15, 0.2) is 24.3 Å². The van der Waals surface area contributed by atoms with Gasteiger partial charge in [0.2, 0.25) is 0 Å². The zero-order valence-electron chi connectivity index (χ0n) is 12.9. The maximum Gasteiger partial charge on any atom is 0.123 e. The first-order valence-corrected chi connectivity index (χ1v) is 8.54. The number of aliphatic hydroxyl groups excluding tert-OH is 1. The van der Waals surface area contributed by atoms with E-state index in [1.165, 1.54) is 23.4 Å². The first kappa shape index (κ1) is 15.5. The highest BCUT2D eigenvalue weighted by molar-refractivity contribution is 7.11. The second kappa shape index (κ2) is 7.22. The minimum Gasteiger partial charge on any atom is -0.496 e. The first-order chi connectivity index (χ1) is 10.8. The molecule has 3 rings (SSSR count). The van der Waals surface area contributed by atoms with Crippen molar-refractivity contribution in [2.45, 2.75) is 32.4 Å². The molecule has 0 saturated heterocycles. The maximum atomic E-state index is 9.35. The Morgan fingerprint density at radius 2 is 2.14 bits per heavy atom. The molecular weight excluding hydrogens is 296 g/mol. The van der Waals surface area contributed by atoms with Gasteiger partial charge in [0.25, 0.3) is 0 Å². The lowest BCUT2D eigenvalue weighted by atomic mass is 10.2. The number of para-hydroxylation sites is 1. The second-order valence-corrected chi connectivity index (χ2v) is 6.75. The number of aromatic nitrogens is 1. The molecule has 0 unspecified atom stereocenters. The molecule has 1 heterocycles. The largest absolute Gasteiger partial charge is 0.496 e. The highest BCUT2D eigenvalue weighted by Crippen LogP contribution is 2.28. The van der Waals surface area contributed by atoms with Crippen molar-refractivity contribution >= 4 is 11.3 Å². The fourth-order valence-electron chi connectivity index (χ4n) is 2.93. The van der Waals surface area contributed by atoms with Crippen LogP contribution < -0.4 is 4.74 Å². The summed E-state index contributed by atoms with van der Waals surface area (Å²) in [5.41, 5.74) is 2.43. The molecule has 1 aliphatic carbocycles. The van der Waals surface area contributed by atoms with E-state index in [0.717, 1.165) is 35.8 Å². The summed E-state index contributed by atoms with van der Waals surface area (Å²) in [6.45, 7) is 2.34. The number of hydrogen-bond donors (Lipinski definition) is 1. The standard InChI is InChI=1S/C17H22N2O2S/c1-21-15-7-3-2-5-13(15)11-19(9-10-20)12-17-18-14-6-4-8-16(14)22-17/h2-3,5,7,20H,4,6,8-12H2,1H3. The van der Waals surface area contributed by atoms with Gasteiger partial charge in [-0.15, -0.1) is 11.3 Å². The molecule has 1 aliphatic rings.